The van der Waals surface area contributed by atoms with E-state index in [2.05, 4.69) is 4.18 Å². The van der Waals surface area contributed by atoms with Crippen LogP contribution in [0.1, 0.15) is 12.5 Å². The highest BCUT2D eigenvalue weighted by Gasteiger charge is 2.17. The molecule has 0 aliphatic rings. The highest BCUT2D eigenvalue weighted by Crippen LogP contribution is 2.26. The molecule has 0 unspecified atom stereocenters. The molecule has 0 bridgehead atoms. The summed E-state index contributed by atoms with van der Waals surface area (Å²) in [5.74, 6) is -0.425. The van der Waals surface area contributed by atoms with E-state index < -0.39 is 21.2 Å². The summed E-state index contributed by atoms with van der Waals surface area (Å²) in [6, 6.07) is 3.34. The van der Waals surface area contributed by atoms with Crippen molar-refractivity contribution in [2.75, 3.05) is 0 Å². The molecular formula is C8H8FNO5S. The van der Waals surface area contributed by atoms with Crippen LogP contribution in [0.5, 0.6) is 5.75 Å². The van der Waals surface area contributed by atoms with E-state index >= 15 is 0 Å². The Morgan fingerprint density at radius 2 is 2.12 bits per heavy atom. The first-order valence-corrected chi connectivity index (χ1v) is 5.55. The molecule has 1 aromatic carbocycles. The lowest BCUT2D eigenvalue weighted by molar-refractivity contribution is -0.385. The number of nitro groups is 1. The van der Waals surface area contributed by atoms with Gasteiger partial charge in [0.2, 0.25) is 0 Å². The number of hydrogen-bond acceptors (Lipinski definition) is 5. The molecule has 0 atom stereocenters. The first-order chi connectivity index (χ1) is 7.33. The zero-order valence-electron chi connectivity index (χ0n) is 8.21. The predicted molar refractivity (Wildman–Crippen MR) is 53.1 cm³/mol. The van der Waals surface area contributed by atoms with Gasteiger partial charge in [0.05, 0.1) is 11.0 Å². The molecule has 0 aromatic heterocycles. The molecule has 0 heterocycles. The van der Waals surface area contributed by atoms with Crippen molar-refractivity contribution in [1.29, 1.82) is 0 Å². The Morgan fingerprint density at radius 3 is 2.56 bits per heavy atom. The summed E-state index contributed by atoms with van der Waals surface area (Å²) in [5, 5.41) is 10.6. The summed E-state index contributed by atoms with van der Waals surface area (Å²) < 4.78 is 36.4. The lowest BCUT2D eigenvalue weighted by atomic mass is 10.1. The van der Waals surface area contributed by atoms with Crippen LogP contribution < -0.4 is 4.18 Å². The molecule has 1 rings (SSSR count). The Hall–Kier alpha value is -1.70. The zero-order chi connectivity index (χ0) is 12.3. The van der Waals surface area contributed by atoms with Gasteiger partial charge in [0.15, 0.2) is 5.75 Å². The quantitative estimate of drug-likeness (QED) is 0.461. The minimum atomic E-state index is -5.16. The summed E-state index contributed by atoms with van der Waals surface area (Å²) in [6.07, 6.45) is 0.402. The fraction of sp³-hybridized carbons (Fsp3) is 0.250. The maximum Gasteiger partial charge on any atom is 0.488 e. The van der Waals surface area contributed by atoms with Gasteiger partial charge in [0.25, 0.3) is 5.69 Å². The maximum absolute atomic E-state index is 12.2. The van der Waals surface area contributed by atoms with Crippen molar-refractivity contribution in [3.8, 4) is 5.75 Å². The van der Waals surface area contributed by atoms with Crippen molar-refractivity contribution >= 4 is 16.2 Å². The third-order valence-electron chi connectivity index (χ3n) is 1.83. The van der Waals surface area contributed by atoms with E-state index in [1.54, 1.807) is 6.92 Å². The number of nitro benzene ring substituents is 1. The van der Waals surface area contributed by atoms with Gasteiger partial charge in [0.1, 0.15) is 0 Å². The Morgan fingerprint density at radius 1 is 1.50 bits per heavy atom. The number of benzene rings is 1. The molecule has 0 spiro atoms. The summed E-state index contributed by atoms with van der Waals surface area (Å²) in [5.41, 5.74) is 0.109. The lowest BCUT2D eigenvalue weighted by Gasteiger charge is -2.02. The van der Waals surface area contributed by atoms with Gasteiger partial charge in [-0.25, -0.2) is 0 Å². The molecule has 0 amide bonds. The second kappa shape index (κ2) is 4.44. The summed E-state index contributed by atoms with van der Waals surface area (Å²) in [4.78, 5) is 9.92. The van der Waals surface area contributed by atoms with E-state index in [9.17, 15) is 22.4 Å². The molecule has 88 valence electrons. The minimum Gasteiger partial charge on any atom is -0.358 e. The number of rotatable bonds is 4. The third kappa shape index (κ3) is 3.16. The number of aryl methyl sites for hydroxylation is 1. The van der Waals surface area contributed by atoms with Gasteiger partial charge in [-0.3, -0.25) is 10.1 Å². The fourth-order valence-corrected chi connectivity index (χ4v) is 1.51. The van der Waals surface area contributed by atoms with Crippen LogP contribution in [0.25, 0.3) is 0 Å². The third-order valence-corrected chi connectivity index (χ3v) is 2.22. The van der Waals surface area contributed by atoms with Crippen molar-refractivity contribution in [2.24, 2.45) is 0 Å². The monoisotopic (exact) mass is 249 g/mol. The molecule has 6 nitrogen and oxygen atoms in total. The summed E-state index contributed by atoms with van der Waals surface area (Å²) in [7, 11) is -5.16. The molecule has 1 aromatic rings. The van der Waals surface area contributed by atoms with Gasteiger partial charge in [-0.2, -0.15) is 8.42 Å². The van der Waals surface area contributed by atoms with E-state index in [1.165, 1.54) is 6.07 Å². The molecule has 0 aliphatic heterocycles. The molecular weight excluding hydrogens is 241 g/mol. The van der Waals surface area contributed by atoms with Crippen molar-refractivity contribution in [2.45, 2.75) is 13.3 Å². The van der Waals surface area contributed by atoms with Crippen molar-refractivity contribution < 1.29 is 21.4 Å². The van der Waals surface area contributed by atoms with E-state index in [0.717, 1.165) is 12.1 Å². The van der Waals surface area contributed by atoms with Gasteiger partial charge in [-0.15, -0.1) is 0 Å². The SMILES string of the molecule is CCc1ccc(OS(=O)(=O)F)cc1[N+](=O)[O-]. The molecule has 8 heteroatoms. The van der Waals surface area contributed by atoms with E-state index in [-0.39, 0.29) is 5.69 Å². The first kappa shape index (κ1) is 12.4. The number of hydrogen-bond donors (Lipinski definition) is 0. The van der Waals surface area contributed by atoms with E-state index in [4.69, 9.17) is 0 Å². The lowest BCUT2D eigenvalue weighted by Crippen LogP contribution is -2.02. The normalized spacial score (nSPS) is 11.1. The maximum atomic E-state index is 12.2. The topological polar surface area (TPSA) is 86.5 Å². The molecule has 0 radical (unpaired) electrons. The Balaban J connectivity index is 3.17. The van der Waals surface area contributed by atoms with Crippen LogP contribution >= 0.6 is 0 Å². The first-order valence-electron chi connectivity index (χ1n) is 4.25. The van der Waals surface area contributed by atoms with Crippen LogP contribution in [0.4, 0.5) is 9.57 Å². The van der Waals surface area contributed by atoms with Crippen LogP contribution in [-0.2, 0) is 16.9 Å². The predicted octanol–water partition coefficient (Wildman–Crippen LogP) is 1.75. The van der Waals surface area contributed by atoms with Crippen molar-refractivity contribution in [1.82, 2.24) is 0 Å². The van der Waals surface area contributed by atoms with E-state index in [0.29, 0.717) is 12.0 Å². The average molecular weight is 249 g/mol. The Kier molecular flexibility index (Phi) is 3.43. The van der Waals surface area contributed by atoms with Crippen LogP contribution in [-0.4, -0.2) is 13.3 Å². The van der Waals surface area contributed by atoms with Crippen molar-refractivity contribution in [3.05, 3.63) is 33.9 Å². The molecule has 0 N–H and O–H groups in total. The molecule has 0 saturated heterocycles. The van der Waals surface area contributed by atoms with Crippen LogP contribution in [0, 0.1) is 10.1 Å². The molecule has 0 saturated carbocycles. The molecule has 0 aliphatic carbocycles. The number of halogens is 1. The Bertz CT molecular complexity index is 513. The average Bonchev–Trinajstić information content (AvgIpc) is 2.15. The minimum absolute atomic E-state index is 0.302. The van der Waals surface area contributed by atoms with Gasteiger partial charge in [-0.1, -0.05) is 10.8 Å². The van der Waals surface area contributed by atoms with Crippen LogP contribution in [0.2, 0.25) is 0 Å². The Labute approximate surface area is 91.2 Å². The smallest absolute Gasteiger partial charge is 0.358 e. The number of nitrogens with zero attached hydrogens (tertiary/aromatic N) is 1. The zero-order valence-corrected chi connectivity index (χ0v) is 9.03. The van der Waals surface area contributed by atoms with Gasteiger partial charge in [0, 0.05) is 5.56 Å². The highest BCUT2D eigenvalue weighted by molar-refractivity contribution is 7.81. The highest BCUT2D eigenvalue weighted by atomic mass is 32.3. The van der Waals surface area contributed by atoms with Gasteiger partial charge >= 0.3 is 10.5 Å². The molecule has 16 heavy (non-hydrogen) atoms. The van der Waals surface area contributed by atoms with Crippen LogP contribution in [0.15, 0.2) is 18.2 Å². The van der Waals surface area contributed by atoms with Gasteiger partial charge < -0.3 is 4.18 Å². The van der Waals surface area contributed by atoms with Crippen molar-refractivity contribution in [3.63, 3.8) is 0 Å². The second-order valence-electron chi connectivity index (χ2n) is 2.88. The molecule has 0 fully saturated rings. The second-order valence-corrected chi connectivity index (χ2v) is 3.83. The standard InChI is InChI=1S/C8H8FNO5S/c1-2-6-3-4-7(15-16(9,13)14)5-8(6)10(11)12/h3-5H,2H2,1H3. The van der Waals surface area contributed by atoms with E-state index in [1.807, 2.05) is 0 Å². The fourth-order valence-electron chi connectivity index (χ4n) is 1.18. The largest absolute Gasteiger partial charge is 0.488 e. The van der Waals surface area contributed by atoms with Crippen LogP contribution in [0.3, 0.4) is 0 Å². The summed E-state index contributed by atoms with van der Waals surface area (Å²) in [6.45, 7) is 1.70. The van der Waals surface area contributed by atoms with Gasteiger partial charge in [-0.05, 0) is 18.6 Å². The summed E-state index contributed by atoms with van der Waals surface area (Å²) >= 11 is 0.